The van der Waals surface area contributed by atoms with Gasteiger partial charge in [0.05, 0.1) is 23.1 Å². The van der Waals surface area contributed by atoms with Crippen molar-refractivity contribution >= 4 is 22.5 Å². The molecule has 2 heterocycles. The van der Waals surface area contributed by atoms with Crippen molar-refractivity contribution in [2.24, 2.45) is 0 Å². The lowest BCUT2D eigenvalue weighted by atomic mass is 10.1. The van der Waals surface area contributed by atoms with E-state index < -0.39 is 5.69 Å². The minimum atomic E-state index is -0.434. The third-order valence-corrected chi connectivity index (χ3v) is 5.30. The molecule has 5 rings (SSSR count). The van der Waals surface area contributed by atoms with Crippen molar-refractivity contribution in [2.75, 3.05) is 13.2 Å². The Morgan fingerprint density at radius 2 is 1.67 bits per heavy atom. The van der Waals surface area contributed by atoms with Gasteiger partial charge in [-0.3, -0.25) is 9.36 Å². The third-order valence-electron chi connectivity index (χ3n) is 5.06. The van der Waals surface area contributed by atoms with Gasteiger partial charge in [-0.05, 0) is 48.0 Å². The lowest BCUT2D eigenvalue weighted by Crippen LogP contribution is -2.39. The van der Waals surface area contributed by atoms with Gasteiger partial charge >= 0.3 is 5.69 Å². The van der Waals surface area contributed by atoms with Crippen molar-refractivity contribution in [3.05, 3.63) is 98.2 Å². The fourth-order valence-electron chi connectivity index (χ4n) is 3.69. The summed E-state index contributed by atoms with van der Waals surface area (Å²) < 4.78 is 14.0. The Labute approximate surface area is 176 Å². The summed E-state index contributed by atoms with van der Waals surface area (Å²) in [5, 5.41) is 0.903. The molecule has 7 heteroatoms. The molecule has 1 aromatic heterocycles. The van der Waals surface area contributed by atoms with Gasteiger partial charge < -0.3 is 9.47 Å². The second-order valence-corrected chi connectivity index (χ2v) is 7.42. The van der Waals surface area contributed by atoms with Gasteiger partial charge in [0.25, 0.3) is 5.56 Å². The molecule has 1 aliphatic rings. The van der Waals surface area contributed by atoms with Crippen molar-refractivity contribution in [1.29, 1.82) is 0 Å². The predicted octanol–water partition coefficient (Wildman–Crippen LogP) is 3.63. The zero-order valence-corrected chi connectivity index (χ0v) is 16.6. The van der Waals surface area contributed by atoms with E-state index in [0.717, 1.165) is 10.1 Å². The van der Waals surface area contributed by atoms with Crippen LogP contribution in [-0.4, -0.2) is 22.3 Å². The molecule has 3 aromatic carbocycles. The second kappa shape index (κ2) is 7.39. The summed E-state index contributed by atoms with van der Waals surface area (Å²) in [5.41, 5.74) is 1.05. The van der Waals surface area contributed by atoms with E-state index in [2.05, 4.69) is 0 Å². The summed E-state index contributed by atoms with van der Waals surface area (Å²) in [6.07, 6.45) is 0. The van der Waals surface area contributed by atoms with Crippen LogP contribution in [0.2, 0.25) is 5.02 Å². The van der Waals surface area contributed by atoms with Crippen LogP contribution in [0, 0.1) is 0 Å². The SMILES string of the molecule is O=c1c2ccccc2n(Cc2ccc3c(c2)OCCO3)c(=O)n1-c1cccc(Cl)c1. The Balaban J connectivity index is 1.72. The monoisotopic (exact) mass is 420 g/mol. The van der Waals surface area contributed by atoms with E-state index >= 15 is 0 Å². The standard InChI is InChI=1S/C23H17ClN2O4/c24-16-4-3-5-17(13-16)26-22(27)18-6-1-2-7-19(18)25(23(26)28)14-15-8-9-20-21(12-15)30-11-10-29-20/h1-9,12-13H,10-11,14H2. The minimum Gasteiger partial charge on any atom is -0.486 e. The van der Waals surface area contributed by atoms with Crippen LogP contribution in [0.15, 0.2) is 76.3 Å². The molecule has 1 aliphatic heterocycles. The number of halogens is 1. The maximum absolute atomic E-state index is 13.4. The van der Waals surface area contributed by atoms with Crippen LogP contribution in [-0.2, 0) is 6.54 Å². The first kappa shape index (κ1) is 18.5. The Hall–Kier alpha value is -3.51. The van der Waals surface area contributed by atoms with Crippen molar-refractivity contribution < 1.29 is 9.47 Å². The molecule has 0 unspecified atom stereocenters. The molecule has 0 fully saturated rings. The first-order valence-electron chi connectivity index (χ1n) is 9.51. The molecule has 150 valence electrons. The molecule has 0 saturated carbocycles. The second-order valence-electron chi connectivity index (χ2n) is 6.98. The van der Waals surface area contributed by atoms with Crippen LogP contribution >= 0.6 is 11.6 Å². The fourth-order valence-corrected chi connectivity index (χ4v) is 3.87. The third kappa shape index (κ3) is 3.15. The molecular formula is C23H17ClN2O4. The highest BCUT2D eigenvalue weighted by Crippen LogP contribution is 2.31. The Bertz CT molecular complexity index is 1390. The highest BCUT2D eigenvalue weighted by atomic mass is 35.5. The molecule has 0 atom stereocenters. The number of nitrogens with zero attached hydrogens (tertiary/aromatic N) is 2. The number of hydrogen-bond acceptors (Lipinski definition) is 4. The molecule has 0 saturated heterocycles. The summed E-state index contributed by atoms with van der Waals surface area (Å²) in [6, 6.07) is 19.4. The fraction of sp³-hybridized carbons (Fsp3) is 0.130. The summed E-state index contributed by atoms with van der Waals surface area (Å²) in [7, 11) is 0. The zero-order chi connectivity index (χ0) is 20.7. The normalized spacial score (nSPS) is 12.8. The number of fused-ring (bicyclic) bond motifs is 2. The summed E-state index contributed by atoms with van der Waals surface area (Å²) in [4.78, 5) is 26.6. The lowest BCUT2D eigenvalue weighted by Gasteiger charge is -2.19. The van der Waals surface area contributed by atoms with E-state index in [9.17, 15) is 9.59 Å². The maximum atomic E-state index is 13.4. The Morgan fingerprint density at radius 3 is 2.50 bits per heavy atom. The Morgan fingerprint density at radius 1 is 0.867 bits per heavy atom. The molecule has 4 aromatic rings. The van der Waals surface area contributed by atoms with Crippen LogP contribution in [0.5, 0.6) is 11.5 Å². The number of benzene rings is 3. The van der Waals surface area contributed by atoms with E-state index in [1.807, 2.05) is 24.3 Å². The van der Waals surface area contributed by atoms with E-state index in [1.165, 1.54) is 0 Å². The number of aromatic nitrogens is 2. The Kier molecular flexibility index (Phi) is 4.56. The average molecular weight is 421 g/mol. The van der Waals surface area contributed by atoms with Gasteiger partial charge in [0.1, 0.15) is 13.2 Å². The molecule has 0 radical (unpaired) electrons. The van der Waals surface area contributed by atoms with Gasteiger partial charge in [0, 0.05) is 5.02 Å². The van der Waals surface area contributed by atoms with Crippen molar-refractivity contribution in [3.8, 4) is 17.2 Å². The van der Waals surface area contributed by atoms with E-state index in [-0.39, 0.29) is 12.1 Å². The minimum absolute atomic E-state index is 0.275. The number of ether oxygens (including phenoxy) is 2. The lowest BCUT2D eigenvalue weighted by molar-refractivity contribution is 0.171. The molecule has 0 N–H and O–H groups in total. The number of rotatable bonds is 3. The molecule has 0 bridgehead atoms. The van der Waals surface area contributed by atoms with Crippen LogP contribution in [0.3, 0.4) is 0 Å². The molecule has 6 nitrogen and oxygen atoms in total. The van der Waals surface area contributed by atoms with Gasteiger partial charge in [-0.2, -0.15) is 0 Å². The van der Waals surface area contributed by atoms with Crippen molar-refractivity contribution in [1.82, 2.24) is 9.13 Å². The number of hydrogen-bond donors (Lipinski definition) is 0. The average Bonchev–Trinajstić information content (AvgIpc) is 2.77. The molecule has 0 spiro atoms. The van der Waals surface area contributed by atoms with Crippen LogP contribution in [0.1, 0.15) is 5.56 Å². The van der Waals surface area contributed by atoms with Crippen LogP contribution in [0.25, 0.3) is 16.6 Å². The highest BCUT2D eigenvalue weighted by Gasteiger charge is 2.17. The summed E-state index contributed by atoms with van der Waals surface area (Å²) in [5.74, 6) is 1.34. The van der Waals surface area contributed by atoms with Gasteiger partial charge in [0.2, 0.25) is 0 Å². The highest BCUT2D eigenvalue weighted by molar-refractivity contribution is 6.30. The van der Waals surface area contributed by atoms with Gasteiger partial charge in [-0.15, -0.1) is 0 Å². The molecule has 30 heavy (non-hydrogen) atoms. The zero-order valence-electron chi connectivity index (χ0n) is 15.9. The molecule has 0 amide bonds. The van der Waals surface area contributed by atoms with Crippen LogP contribution in [0.4, 0.5) is 0 Å². The van der Waals surface area contributed by atoms with Crippen molar-refractivity contribution in [3.63, 3.8) is 0 Å². The van der Waals surface area contributed by atoms with Crippen molar-refractivity contribution in [2.45, 2.75) is 6.54 Å². The van der Waals surface area contributed by atoms with Crippen LogP contribution < -0.4 is 20.7 Å². The topological polar surface area (TPSA) is 62.5 Å². The first-order chi connectivity index (χ1) is 14.6. The van der Waals surface area contributed by atoms with E-state index in [4.69, 9.17) is 21.1 Å². The predicted molar refractivity (Wildman–Crippen MR) is 115 cm³/mol. The van der Waals surface area contributed by atoms with E-state index in [1.54, 1.807) is 47.0 Å². The summed E-state index contributed by atoms with van der Waals surface area (Å²) in [6.45, 7) is 1.27. The largest absolute Gasteiger partial charge is 0.486 e. The molecule has 0 aliphatic carbocycles. The smallest absolute Gasteiger partial charge is 0.336 e. The first-order valence-corrected chi connectivity index (χ1v) is 9.89. The van der Waals surface area contributed by atoms with E-state index in [0.29, 0.717) is 46.3 Å². The maximum Gasteiger partial charge on any atom is 0.336 e. The quantitative estimate of drug-likeness (QED) is 0.508. The summed E-state index contributed by atoms with van der Waals surface area (Å²) >= 11 is 6.10. The van der Waals surface area contributed by atoms with Gasteiger partial charge in [-0.1, -0.05) is 35.9 Å². The van der Waals surface area contributed by atoms with Gasteiger partial charge in [0.15, 0.2) is 11.5 Å². The van der Waals surface area contributed by atoms with Gasteiger partial charge in [-0.25, -0.2) is 9.36 Å². The number of para-hydroxylation sites is 1. The molecular weight excluding hydrogens is 404 g/mol.